The number of fused-ring (bicyclic) bond motifs is 3. The highest BCUT2D eigenvalue weighted by Crippen LogP contribution is 2.40. The Balaban J connectivity index is 1.68. The van der Waals surface area contributed by atoms with Crippen LogP contribution < -0.4 is 10.6 Å². The molecule has 0 aromatic carbocycles. The lowest BCUT2D eigenvalue weighted by molar-refractivity contribution is 0.0519. The Morgan fingerprint density at radius 3 is 2.95 bits per heavy atom. The van der Waals surface area contributed by atoms with Crippen molar-refractivity contribution in [1.29, 1.82) is 0 Å². The number of piperidine rings is 1. The molecule has 0 radical (unpaired) electrons. The van der Waals surface area contributed by atoms with Gasteiger partial charge in [0.25, 0.3) is 0 Å². The zero-order valence-corrected chi connectivity index (χ0v) is 12.4. The van der Waals surface area contributed by atoms with E-state index in [0.29, 0.717) is 18.1 Å². The van der Waals surface area contributed by atoms with Crippen LogP contribution in [0.2, 0.25) is 0 Å². The molecule has 2 N–H and O–H groups in total. The average Bonchev–Trinajstić information content (AvgIpc) is 3.03. The number of rotatable bonds is 1. The van der Waals surface area contributed by atoms with Crippen LogP contribution in [0.4, 0.5) is 5.82 Å². The van der Waals surface area contributed by atoms with Gasteiger partial charge in [0.15, 0.2) is 0 Å². The van der Waals surface area contributed by atoms with E-state index in [9.17, 15) is 0 Å². The van der Waals surface area contributed by atoms with Gasteiger partial charge in [0, 0.05) is 24.6 Å². The van der Waals surface area contributed by atoms with Crippen LogP contribution in [0, 0.1) is 12.8 Å². The molecular formula is C15H24N4O. The Hall–Kier alpha value is -1.07. The third-order valence-corrected chi connectivity index (χ3v) is 5.13. The quantitative estimate of drug-likeness (QED) is 0.824. The molecule has 0 aliphatic carbocycles. The van der Waals surface area contributed by atoms with E-state index in [1.807, 2.05) is 0 Å². The van der Waals surface area contributed by atoms with E-state index in [-0.39, 0.29) is 6.10 Å². The van der Waals surface area contributed by atoms with Gasteiger partial charge in [-0.15, -0.1) is 0 Å². The lowest BCUT2D eigenvalue weighted by Gasteiger charge is -2.37. The van der Waals surface area contributed by atoms with Gasteiger partial charge < -0.3 is 15.4 Å². The van der Waals surface area contributed by atoms with Crippen molar-refractivity contribution in [1.82, 2.24) is 15.1 Å². The molecule has 5 heteroatoms. The lowest BCUT2D eigenvalue weighted by atomic mass is 9.92. The van der Waals surface area contributed by atoms with E-state index in [1.54, 1.807) is 0 Å². The number of hydrogen-bond donors (Lipinski definition) is 2. The molecule has 1 aromatic heterocycles. The predicted octanol–water partition coefficient (Wildman–Crippen LogP) is 2.01. The van der Waals surface area contributed by atoms with Crippen LogP contribution in [0.5, 0.6) is 0 Å². The highest BCUT2D eigenvalue weighted by Gasteiger charge is 2.36. The molecule has 4 heterocycles. The van der Waals surface area contributed by atoms with Crippen LogP contribution in [0.3, 0.4) is 0 Å². The zero-order chi connectivity index (χ0) is 13.7. The summed E-state index contributed by atoms with van der Waals surface area (Å²) in [5, 5.41) is 12.0. The van der Waals surface area contributed by atoms with Crippen LogP contribution in [0.25, 0.3) is 0 Å². The van der Waals surface area contributed by atoms with Crippen molar-refractivity contribution in [3.05, 3.63) is 11.3 Å². The molecule has 0 spiro atoms. The number of hydrogen-bond acceptors (Lipinski definition) is 4. The Kier molecular flexibility index (Phi) is 3.00. The molecule has 3 aliphatic rings. The van der Waals surface area contributed by atoms with Crippen LogP contribution in [-0.4, -0.2) is 35.5 Å². The minimum atomic E-state index is 0.199. The summed E-state index contributed by atoms with van der Waals surface area (Å²) >= 11 is 0. The van der Waals surface area contributed by atoms with E-state index in [0.717, 1.165) is 38.2 Å². The van der Waals surface area contributed by atoms with Gasteiger partial charge in [0.05, 0.1) is 17.8 Å². The fraction of sp³-hybridized carbons (Fsp3) is 0.800. The van der Waals surface area contributed by atoms with Gasteiger partial charge in [0.2, 0.25) is 0 Å². The van der Waals surface area contributed by atoms with Crippen LogP contribution in [0.15, 0.2) is 0 Å². The Morgan fingerprint density at radius 1 is 1.25 bits per heavy atom. The van der Waals surface area contributed by atoms with Crippen molar-refractivity contribution < 1.29 is 4.74 Å². The van der Waals surface area contributed by atoms with Gasteiger partial charge in [0.1, 0.15) is 11.9 Å². The third-order valence-electron chi connectivity index (χ3n) is 5.13. The highest BCUT2D eigenvalue weighted by atomic mass is 16.5. The molecule has 2 saturated heterocycles. The molecule has 4 unspecified atom stereocenters. The maximum absolute atomic E-state index is 6.03. The van der Waals surface area contributed by atoms with Crippen LogP contribution in [-0.2, 0) is 4.74 Å². The largest absolute Gasteiger partial charge is 0.370 e. The summed E-state index contributed by atoms with van der Waals surface area (Å²) in [5.41, 5.74) is 2.46. The van der Waals surface area contributed by atoms with Crippen molar-refractivity contribution in [2.75, 3.05) is 25.0 Å². The van der Waals surface area contributed by atoms with Crippen LogP contribution >= 0.6 is 0 Å². The molecular weight excluding hydrogens is 252 g/mol. The maximum atomic E-state index is 6.03. The number of ether oxygens (including phenoxy) is 1. The van der Waals surface area contributed by atoms with Crippen molar-refractivity contribution in [2.24, 2.45) is 5.92 Å². The molecule has 0 saturated carbocycles. The van der Waals surface area contributed by atoms with E-state index < -0.39 is 0 Å². The molecule has 0 amide bonds. The smallest absolute Gasteiger partial charge is 0.127 e. The number of nitrogens with one attached hydrogen (secondary N) is 2. The predicted molar refractivity (Wildman–Crippen MR) is 78.0 cm³/mol. The first-order chi connectivity index (χ1) is 9.74. The van der Waals surface area contributed by atoms with Crippen molar-refractivity contribution in [3.63, 3.8) is 0 Å². The van der Waals surface area contributed by atoms with Crippen molar-refractivity contribution >= 4 is 5.82 Å². The summed E-state index contributed by atoms with van der Waals surface area (Å²) in [6, 6.07) is 0.554. The van der Waals surface area contributed by atoms with Crippen LogP contribution in [0.1, 0.15) is 49.6 Å². The fourth-order valence-corrected chi connectivity index (χ4v) is 3.96. The topological polar surface area (TPSA) is 51.1 Å². The molecule has 20 heavy (non-hydrogen) atoms. The van der Waals surface area contributed by atoms with E-state index in [2.05, 4.69) is 29.2 Å². The number of anilines is 1. The molecule has 3 aliphatic heterocycles. The third kappa shape index (κ3) is 1.87. The Bertz CT molecular complexity index is 512. The molecule has 110 valence electrons. The number of nitrogens with zero attached hydrogens (tertiary/aromatic N) is 2. The molecule has 5 nitrogen and oxygen atoms in total. The summed E-state index contributed by atoms with van der Waals surface area (Å²) in [6.07, 6.45) is 4.01. The fourth-order valence-electron chi connectivity index (χ4n) is 3.96. The second-order valence-corrected chi connectivity index (χ2v) is 6.52. The van der Waals surface area contributed by atoms with E-state index >= 15 is 0 Å². The monoisotopic (exact) mass is 276 g/mol. The van der Waals surface area contributed by atoms with Crippen molar-refractivity contribution in [3.8, 4) is 0 Å². The van der Waals surface area contributed by atoms with Gasteiger partial charge in [-0.1, -0.05) is 0 Å². The van der Waals surface area contributed by atoms with Crippen molar-refractivity contribution in [2.45, 2.75) is 51.4 Å². The molecule has 4 rings (SSSR count). The molecule has 4 atom stereocenters. The summed E-state index contributed by atoms with van der Waals surface area (Å²) in [6.45, 7) is 7.61. The standard InChI is InChI=1S/C15H24N4O/c1-9-3-4-13(20-9)14-10(2)15-17-8-11-7-16-6-5-12(11)19(15)18-14/h9,11-13,16-17H,3-8H2,1-2H3. The summed E-state index contributed by atoms with van der Waals surface area (Å²) in [4.78, 5) is 0. The first-order valence-electron chi connectivity index (χ1n) is 7.93. The van der Waals surface area contributed by atoms with E-state index in [4.69, 9.17) is 9.84 Å². The summed E-state index contributed by atoms with van der Waals surface area (Å²) < 4.78 is 8.28. The highest BCUT2D eigenvalue weighted by molar-refractivity contribution is 5.49. The van der Waals surface area contributed by atoms with Gasteiger partial charge in [-0.25, -0.2) is 4.68 Å². The average molecular weight is 276 g/mol. The Morgan fingerprint density at radius 2 is 2.15 bits per heavy atom. The first-order valence-corrected chi connectivity index (χ1v) is 7.93. The molecule has 2 fully saturated rings. The number of aromatic nitrogens is 2. The van der Waals surface area contributed by atoms with Gasteiger partial charge in [-0.05, 0) is 39.7 Å². The SMILES string of the molecule is Cc1c(C2CCC(C)O2)nn2c1NCC1CNCCC12. The normalized spacial score (nSPS) is 36.3. The first kappa shape index (κ1) is 12.7. The second kappa shape index (κ2) is 4.74. The summed E-state index contributed by atoms with van der Waals surface area (Å²) in [5.74, 6) is 1.89. The van der Waals surface area contributed by atoms with Gasteiger partial charge in [-0.2, -0.15) is 5.10 Å². The Labute approximate surface area is 120 Å². The molecule has 1 aromatic rings. The lowest BCUT2D eigenvalue weighted by Crippen LogP contribution is -2.44. The van der Waals surface area contributed by atoms with Gasteiger partial charge in [-0.3, -0.25) is 0 Å². The minimum absolute atomic E-state index is 0.199. The second-order valence-electron chi connectivity index (χ2n) is 6.52. The van der Waals surface area contributed by atoms with Gasteiger partial charge >= 0.3 is 0 Å². The molecule has 0 bridgehead atoms. The maximum Gasteiger partial charge on any atom is 0.127 e. The summed E-state index contributed by atoms with van der Waals surface area (Å²) in [7, 11) is 0. The van der Waals surface area contributed by atoms with E-state index in [1.165, 1.54) is 17.8 Å². The zero-order valence-electron chi connectivity index (χ0n) is 12.4. The minimum Gasteiger partial charge on any atom is -0.370 e.